The fourth-order valence-corrected chi connectivity index (χ4v) is 2.44. The SMILES string of the molecule is C/C=C/CCCC/C=C\[C@@H](CCC1=C[C@H](C)OC1=O)OCOC. The molecule has 0 amide bonds. The highest BCUT2D eigenvalue weighted by atomic mass is 16.7. The van der Waals surface area contributed by atoms with E-state index in [-0.39, 0.29) is 25.0 Å². The van der Waals surface area contributed by atoms with E-state index < -0.39 is 0 Å². The van der Waals surface area contributed by atoms with Gasteiger partial charge >= 0.3 is 5.97 Å². The van der Waals surface area contributed by atoms with E-state index in [1.807, 2.05) is 19.9 Å². The van der Waals surface area contributed by atoms with Crippen molar-refractivity contribution in [2.75, 3.05) is 13.9 Å². The molecule has 0 aliphatic carbocycles. The Morgan fingerprint density at radius 2 is 2.04 bits per heavy atom. The fourth-order valence-electron chi connectivity index (χ4n) is 2.44. The van der Waals surface area contributed by atoms with Crippen LogP contribution in [0.2, 0.25) is 0 Å². The second kappa shape index (κ2) is 12.1. The number of methoxy groups -OCH3 is 1. The van der Waals surface area contributed by atoms with Gasteiger partial charge in [-0.3, -0.25) is 0 Å². The second-order valence-corrected chi connectivity index (χ2v) is 5.73. The third kappa shape index (κ3) is 8.72. The van der Waals surface area contributed by atoms with Crippen molar-refractivity contribution in [1.29, 1.82) is 0 Å². The largest absolute Gasteiger partial charge is 0.455 e. The topological polar surface area (TPSA) is 44.8 Å². The summed E-state index contributed by atoms with van der Waals surface area (Å²) in [6.45, 7) is 4.18. The van der Waals surface area contributed by atoms with Crippen molar-refractivity contribution in [2.24, 2.45) is 0 Å². The summed E-state index contributed by atoms with van der Waals surface area (Å²) in [5.74, 6) is -0.198. The van der Waals surface area contributed by atoms with Gasteiger partial charge in [0, 0.05) is 12.7 Å². The minimum absolute atomic E-state index is 0.0323. The number of ether oxygens (including phenoxy) is 3. The number of carbonyl (C=O) groups excluding carboxylic acids is 1. The van der Waals surface area contributed by atoms with Gasteiger partial charge in [-0.05, 0) is 58.4 Å². The van der Waals surface area contributed by atoms with Crippen LogP contribution < -0.4 is 0 Å². The van der Waals surface area contributed by atoms with Crippen molar-refractivity contribution in [3.8, 4) is 0 Å². The number of hydrogen-bond acceptors (Lipinski definition) is 4. The van der Waals surface area contributed by atoms with E-state index in [0.29, 0.717) is 6.42 Å². The highest BCUT2D eigenvalue weighted by molar-refractivity contribution is 5.90. The van der Waals surface area contributed by atoms with Gasteiger partial charge in [0.05, 0.1) is 6.10 Å². The Hall–Kier alpha value is -1.39. The molecule has 0 unspecified atom stereocenters. The predicted molar refractivity (Wildman–Crippen MR) is 92.0 cm³/mol. The smallest absolute Gasteiger partial charge is 0.334 e. The Labute approximate surface area is 140 Å². The van der Waals surface area contributed by atoms with Gasteiger partial charge in [0.2, 0.25) is 0 Å². The number of hydrogen-bond donors (Lipinski definition) is 0. The molecule has 0 fully saturated rings. The van der Waals surface area contributed by atoms with Crippen molar-refractivity contribution < 1.29 is 19.0 Å². The maximum Gasteiger partial charge on any atom is 0.334 e. The third-order valence-corrected chi connectivity index (χ3v) is 3.67. The van der Waals surface area contributed by atoms with E-state index in [1.165, 1.54) is 12.8 Å². The van der Waals surface area contributed by atoms with Crippen LogP contribution in [0, 0.1) is 0 Å². The van der Waals surface area contributed by atoms with Crippen molar-refractivity contribution >= 4 is 5.97 Å². The number of carbonyl (C=O) groups is 1. The lowest BCUT2D eigenvalue weighted by molar-refractivity contribution is -0.139. The lowest BCUT2D eigenvalue weighted by atomic mass is 10.1. The molecular formula is C19H30O4. The first kappa shape index (κ1) is 19.7. The Balaban J connectivity index is 2.33. The Kier molecular flexibility index (Phi) is 10.3. The number of esters is 1. The number of unbranched alkanes of at least 4 members (excludes halogenated alkanes) is 3. The summed E-state index contributed by atoms with van der Waals surface area (Å²) < 4.78 is 15.8. The van der Waals surface area contributed by atoms with Gasteiger partial charge in [0.1, 0.15) is 12.9 Å². The highest BCUT2D eigenvalue weighted by Crippen LogP contribution is 2.20. The van der Waals surface area contributed by atoms with Crippen LogP contribution in [0.25, 0.3) is 0 Å². The van der Waals surface area contributed by atoms with Crippen molar-refractivity contribution in [1.82, 2.24) is 0 Å². The zero-order valence-corrected chi connectivity index (χ0v) is 14.6. The molecule has 0 saturated carbocycles. The lowest BCUT2D eigenvalue weighted by Crippen LogP contribution is -2.13. The van der Waals surface area contributed by atoms with Crippen LogP contribution in [0.4, 0.5) is 0 Å². The monoisotopic (exact) mass is 322 g/mol. The van der Waals surface area contributed by atoms with Gasteiger partial charge < -0.3 is 14.2 Å². The molecule has 23 heavy (non-hydrogen) atoms. The van der Waals surface area contributed by atoms with Crippen molar-refractivity contribution in [2.45, 2.75) is 64.6 Å². The Bertz CT molecular complexity index is 423. The maximum atomic E-state index is 11.6. The summed E-state index contributed by atoms with van der Waals surface area (Å²) in [6, 6.07) is 0. The summed E-state index contributed by atoms with van der Waals surface area (Å²) in [5, 5.41) is 0. The molecule has 0 aromatic heterocycles. The second-order valence-electron chi connectivity index (χ2n) is 5.73. The standard InChI is InChI=1S/C19H30O4/c1-4-5-6-7-8-9-10-11-18(22-15-21-3)13-12-17-14-16(2)23-19(17)20/h4-5,10-11,14,16,18H,6-9,12-13,15H2,1-3H3/b5-4+,11-10-/t16-,18-/m0/s1. The summed E-state index contributed by atoms with van der Waals surface area (Å²) in [4.78, 5) is 11.6. The molecule has 0 radical (unpaired) electrons. The van der Waals surface area contributed by atoms with E-state index >= 15 is 0 Å². The van der Waals surface area contributed by atoms with Gasteiger partial charge in [-0.2, -0.15) is 0 Å². The third-order valence-electron chi connectivity index (χ3n) is 3.67. The Morgan fingerprint density at radius 1 is 1.30 bits per heavy atom. The molecule has 0 N–H and O–H groups in total. The Morgan fingerprint density at radius 3 is 2.65 bits per heavy atom. The average molecular weight is 322 g/mol. The van der Waals surface area contributed by atoms with E-state index in [1.54, 1.807) is 7.11 Å². The van der Waals surface area contributed by atoms with Crippen LogP contribution in [-0.4, -0.2) is 32.1 Å². The van der Waals surface area contributed by atoms with E-state index in [4.69, 9.17) is 14.2 Å². The number of allylic oxidation sites excluding steroid dienone is 3. The van der Waals surface area contributed by atoms with Crippen LogP contribution in [0.1, 0.15) is 52.4 Å². The van der Waals surface area contributed by atoms with Crippen molar-refractivity contribution in [3.05, 3.63) is 36.0 Å². The minimum atomic E-state index is -0.198. The van der Waals surface area contributed by atoms with Crippen LogP contribution in [-0.2, 0) is 19.0 Å². The molecule has 2 atom stereocenters. The summed E-state index contributed by atoms with van der Waals surface area (Å²) >= 11 is 0. The molecule has 0 spiro atoms. The molecule has 0 bridgehead atoms. The van der Waals surface area contributed by atoms with Gasteiger partial charge in [-0.1, -0.05) is 24.3 Å². The van der Waals surface area contributed by atoms with E-state index in [2.05, 4.69) is 24.3 Å². The molecule has 0 saturated heterocycles. The zero-order valence-electron chi connectivity index (χ0n) is 14.6. The maximum absolute atomic E-state index is 11.6. The van der Waals surface area contributed by atoms with Crippen LogP contribution in [0.15, 0.2) is 36.0 Å². The lowest BCUT2D eigenvalue weighted by Gasteiger charge is -2.13. The van der Waals surface area contributed by atoms with Gasteiger partial charge in [0.15, 0.2) is 0 Å². The number of rotatable bonds is 12. The molecule has 1 aliphatic rings. The van der Waals surface area contributed by atoms with Crippen LogP contribution >= 0.6 is 0 Å². The highest BCUT2D eigenvalue weighted by Gasteiger charge is 2.22. The zero-order chi connectivity index (χ0) is 16.9. The molecule has 4 heteroatoms. The molecule has 1 aliphatic heterocycles. The summed E-state index contributed by atoms with van der Waals surface area (Å²) in [7, 11) is 1.61. The van der Waals surface area contributed by atoms with Crippen LogP contribution in [0.3, 0.4) is 0 Å². The summed E-state index contributed by atoms with van der Waals surface area (Å²) in [6.07, 6.45) is 16.3. The average Bonchev–Trinajstić information content (AvgIpc) is 2.86. The molecule has 0 aromatic rings. The normalized spacial score (nSPS) is 19.5. The van der Waals surface area contributed by atoms with Crippen LogP contribution in [0.5, 0.6) is 0 Å². The molecular weight excluding hydrogens is 292 g/mol. The first-order valence-corrected chi connectivity index (χ1v) is 8.47. The molecule has 4 nitrogen and oxygen atoms in total. The van der Waals surface area contributed by atoms with Crippen molar-refractivity contribution in [3.63, 3.8) is 0 Å². The van der Waals surface area contributed by atoms with Gasteiger partial charge in [-0.15, -0.1) is 0 Å². The first-order chi connectivity index (χ1) is 11.2. The van der Waals surface area contributed by atoms with Gasteiger partial charge in [-0.25, -0.2) is 4.79 Å². The predicted octanol–water partition coefficient (Wildman–Crippen LogP) is 4.32. The first-order valence-electron chi connectivity index (χ1n) is 8.47. The molecule has 1 heterocycles. The quantitative estimate of drug-likeness (QED) is 0.232. The molecule has 0 aromatic carbocycles. The van der Waals surface area contributed by atoms with E-state index in [0.717, 1.165) is 24.8 Å². The summed E-state index contributed by atoms with van der Waals surface area (Å²) in [5.41, 5.74) is 0.753. The van der Waals surface area contributed by atoms with Gasteiger partial charge in [0.25, 0.3) is 0 Å². The fraction of sp³-hybridized carbons (Fsp3) is 0.632. The molecule has 130 valence electrons. The number of cyclic esters (lactones) is 1. The minimum Gasteiger partial charge on any atom is -0.455 e. The van der Waals surface area contributed by atoms with E-state index in [9.17, 15) is 4.79 Å². The molecule has 1 rings (SSSR count).